The lowest BCUT2D eigenvalue weighted by Crippen LogP contribution is -2.28. The third-order valence-corrected chi connectivity index (χ3v) is 10.3. The van der Waals surface area contributed by atoms with Crippen LogP contribution in [-0.2, 0) is 34.8 Å². The highest BCUT2D eigenvalue weighted by molar-refractivity contribution is 7.88. The van der Waals surface area contributed by atoms with Gasteiger partial charge in [0.25, 0.3) is 0 Å². The second-order valence-corrected chi connectivity index (χ2v) is 14.5. The molecule has 1 aromatic heterocycles. The van der Waals surface area contributed by atoms with Crippen molar-refractivity contribution in [2.75, 3.05) is 13.2 Å². The van der Waals surface area contributed by atoms with E-state index in [9.17, 15) is 31.5 Å². The third kappa shape index (κ3) is 8.67. The van der Waals surface area contributed by atoms with E-state index >= 15 is 0 Å². The SMILES string of the molecule is O=C(O)c1ccc(OCCc2c(CCNS(=O)(=O)Cc3ccc(C(F)(F)F)cc3)n(C(c3ccccc3)c3ccccc3)c3ccc(Cl)cc23)cc1. The van der Waals surface area contributed by atoms with E-state index in [4.69, 9.17) is 16.3 Å². The van der Waals surface area contributed by atoms with Crippen molar-refractivity contribution >= 4 is 38.5 Å². The molecule has 268 valence electrons. The van der Waals surface area contributed by atoms with Gasteiger partial charge in [-0.25, -0.2) is 17.9 Å². The molecule has 0 bridgehead atoms. The lowest BCUT2D eigenvalue weighted by atomic mass is 9.97. The van der Waals surface area contributed by atoms with E-state index in [1.165, 1.54) is 24.3 Å². The number of ether oxygens (including phenoxy) is 1. The van der Waals surface area contributed by atoms with Gasteiger partial charge in [-0.3, -0.25) is 0 Å². The second-order valence-electron chi connectivity index (χ2n) is 12.2. The van der Waals surface area contributed by atoms with Crippen LogP contribution in [0.2, 0.25) is 5.02 Å². The average Bonchev–Trinajstić information content (AvgIpc) is 3.40. The fourth-order valence-electron chi connectivity index (χ4n) is 6.36. The number of nitrogens with zero attached hydrogens (tertiary/aromatic N) is 1. The zero-order valence-electron chi connectivity index (χ0n) is 27.7. The summed E-state index contributed by atoms with van der Waals surface area (Å²) in [6, 6.07) is 35.5. The molecule has 6 rings (SSSR count). The van der Waals surface area contributed by atoms with E-state index in [1.54, 1.807) is 12.1 Å². The Labute approximate surface area is 304 Å². The number of aromatic nitrogens is 1. The molecule has 0 atom stereocenters. The van der Waals surface area contributed by atoms with Crippen LogP contribution in [0.3, 0.4) is 0 Å². The number of carboxylic acids is 1. The first-order valence-corrected chi connectivity index (χ1v) is 18.4. The smallest absolute Gasteiger partial charge is 0.416 e. The van der Waals surface area contributed by atoms with Gasteiger partial charge in [0.1, 0.15) is 5.75 Å². The largest absolute Gasteiger partial charge is 0.493 e. The molecule has 2 N–H and O–H groups in total. The molecule has 0 radical (unpaired) electrons. The number of nitrogens with one attached hydrogen (secondary N) is 1. The number of sulfonamides is 1. The summed E-state index contributed by atoms with van der Waals surface area (Å²) in [5, 5.41) is 10.7. The number of rotatable bonds is 14. The van der Waals surface area contributed by atoms with Crippen molar-refractivity contribution < 1.29 is 36.2 Å². The van der Waals surface area contributed by atoms with Crippen molar-refractivity contribution in [2.45, 2.75) is 30.8 Å². The first kappa shape index (κ1) is 36.7. The van der Waals surface area contributed by atoms with Crippen LogP contribution in [0.5, 0.6) is 5.75 Å². The van der Waals surface area contributed by atoms with Crippen molar-refractivity contribution in [2.24, 2.45) is 0 Å². The molecule has 0 aliphatic carbocycles. The average molecular weight is 747 g/mol. The molecule has 0 unspecified atom stereocenters. The number of hydrogen-bond donors (Lipinski definition) is 2. The minimum absolute atomic E-state index is 0.00777. The van der Waals surface area contributed by atoms with Gasteiger partial charge < -0.3 is 14.4 Å². The van der Waals surface area contributed by atoms with Crippen LogP contribution in [0.15, 0.2) is 127 Å². The minimum atomic E-state index is -4.52. The molecule has 0 aliphatic rings. The van der Waals surface area contributed by atoms with Crippen molar-refractivity contribution in [3.05, 3.63) is 171 Å². The van der Waals surface area contributed by atoms with Crippen molar-refractivity contribution in [1.82, 2.24) is 9.29 Å². The van der Waals surface area contributed by atoms with E-state index in [2.05, 4.69) is 9.29 Å². The van der Waals surface area contributed by atoms with E-state index in [-0.39, 0.29) is 36.7 Å². The Morgan fingerprint density at radius 3 is 2.02 bits per heavy atom. The van der Waals surface area contributed by atoms with Gasteiger partial charge in [0, 0.05) is 41.0 Å². The molecule has 0 saturated carbocycles. The number of hydrogen-bond acceptors (Lipinski definition) is 4. The molecular formula is C40H34ClF3N2O5S. The van der Waals surface area contributed by atoms with E-state index in [1.807, 2.05) is 78.9 Å². The van der Waals surface area contributed by atoms with Gasteiger partial charge in [0.2, 0.25) is 10.0 Å². The molecule has 0 spiro atoms. The maximum absolute atomic E-state index is 13.2. The molecule has 0 aliphatic heterocycles. The second kappa shape index (κ2) is 15.6. The Balaban J connectivity index is 1.37. The predicted molar refractivity (Wildman–Crippen MR) is 195 cm³/mol. The molecule has 0 amide bonds. The van der Waals surface area contributed by atoms with Gasteiger partial charge in [0.15, 0.2) is 0 Å². The maximum Gasteiger partial charge on any atom is 0.416 e. The normalized spacial score (nSPS) is 12.0. The van der Waals surface area contributed by atoms with Gasteiger partial charge >= 0.3 is 12.1 Å². The molecule has 1 heterocycles. The summed E-state index contributed by atoms with van der Waals surface area (Å²) in [4.78, 5) is 11.3. The van der Waals surface area contributed by atoms with Gasteiger partial charge in [-0.1, -0.05) is 84.4 Å². The summed E-state index contributed by atoms with van der Waals surface area (Å²) < 4.78 is 76.5. The number of halogens is 4. The third-order valence-electron chi connectivity index (χ3n) is 8.72. The quantitative estimate of drug-likeness (QED) is 0.116. The van der Waals surface area contributed by atoms with Crippen LogP contribution >= 0.6 is 11.6 Å². The number of alkyl halides is 3. The van der Waals surface area contributed by atoms with Crippen molar-refractivity contribution in [3.63, 3.8) is 0 Å². The highest BCUT2D eigenvalue weighted by atomic mass is 35.5. The molecule has 12 heteroatoms. The van der Waals surface area contributed by atoms with Gasteiger partial charge in [-0.05, 0) is 76.9 Å². The Bertz CT molecular complexity index is 2220. The zero-order chi connectivity index (χ0) is 36.9. The first-order chi connectivity index (χ1) is 24.9. The van der Waals surface area contributed by atoms with Crippen LogP contribution in [0.25, 0.3) is 10.9 Å². The monoisotopic (exact) mass is 746 g/mol. The lowest BCUT2D eigenvalue weighted by molar-refractivity contribution is -0.137. The highest BCUT2D eigenvalue weighted by Gasteiger charge is 2.30. The van der Waals surface area contributed by atoms with Crippen LogP contribution in [0.1, 0.15) is 49.9 Å². The summed E-state index contributed by atoms with van der Waals surface area (Å²) in [5.74, 6) is -1.03. The van der Waals surface area contributed by atoms with Crippen LogP contribution in [-0.4, -0.2) is 37.2 Å². The number of fused-ring (bicyclic) bond motifs is 1. The summed E-state index contributed by atoms with van der Waals surface area (Å²) in [7, 11) is -3.93. The van der Waals surface area contributed by atoms with Crippen LogP contribution in [0.4, 0.5) is 13.2 Å². The summed E-state index contributed by atoms with van der Waals surface area (Å²) in [5.41, 5.74) is 4.15. The lowest BCUT2D eigenvalue weighted by Gasteiger charge is -2.25. The molecule has 7 nitrogen and oxygen atoms in total. The Morgan fingerprint density at radius 2 is 1.44 bits per heavy atom. The van der Waals surface area contributed by atoms with Gasteiger partial charge in [-0.15, -0.1) is 0 Å². The maximum atomic E-state index is 13.2. The summed E-state index contributed by atoms with van der Waals surface area (Å²) >= 11 is 6.57. The Morgan fingerprint density at radius 1 is 0.827 bits per heavy atom. The van der Waals surface area contributed by atoms with E-state index in [0.29, 0.717) is 17.2 Å². The topological polar surface area (TPSA) is 97.6 Å². The van der Waals surface area contributed by atoms with E-state index < -0.39 is 33.5 Å². The Kier molecular flexibility index (Phi) is 11.0. The predicted octanol–water partition coefficient (Wildman–Crippen LogP) is 8.93. The number of aromatic carboxylic acids is 1. The van der Waals surface area contributed by atoms with Crippen molar-refractivity contribution in [1.29, 1.82) is 0 Å². The fourth-order valence-corrected chi connectivity index (χ4v) is 7.68. The molecule has 5 aromatic carbocycles. The van der Waals surface area contributed by atoms with Crippen LogP contribution < -0.4 is 9.46 Å². The van der Waals surface area contributed by atoms with E-state index in [0.717, 1.165) is 45.4 Å². The van der Waals surface area contributed by atoms with Crippen LogP contribution in [0, 0.1) is 0 Å². The standard InChI is InChI=1S/C40H34ClF3N2O5S/c41-32-17-20-36-35(25-32)34(22-24-51-33-18-13-30(14-19-33)39(47)48)37(46(36)38(28-7-3-1-4-8-28)29-9-5-2-6-10-29)21-23-45-52(49,50)26-27-11-15-31(16-12-27)40(42,43)44/h1-20,25,38,45H,21-24,26H2,(H,47,48). The van der Waals surface area contributed by atoms with Crippen molar-refractivity contribution in [3.8, 4) is 5.75 Å². The minimum Gasteiger partial charge on any atom is -0.493 e. The number of benzene rings is 5. The summed E-state index contributed by atoms with van der Waals surface area (Å²) in [6.07, 6.45) is -3.85. The highest BCUT2D eigenvalue weighted by Crippen LogP contribution is 2.38. The zero-order valence-corrected chi connectivity index (χ0v) is 29.3. The van der Waals surface area contributed by atoms with Gasteiger partial charge in [-0.2, -0.15) is 13.2 Å². The number of carbonyl (C=O) groups is 1. The molecule has 6 aromatic rings. The molecular weight excluding hydrogens is 713 g/mol. The first-order valence-electron chi connectivity index (χ1n) is 16.4. The molecule has 0 saturated heterocycles. The number of carboxylic acid groups (broad SMARTS) is 1. The molecule has 0 fully saturated rings. The molecule has 52 heavy (non-hydrogen) atoms. The Hall–Kier alpha value is -5.10. The summed E-state index contributed by atoms with van der Waals surface area (Å²) in [6.45, 7) is 0.236. The fraction of sp³-hybridized carbons (Fsp3) is 0.175. The van der Waals surface area contributed by atoms with Gasteiger partial charge in [0.05, 0.1) is 29.5 Å².